The summed E-state index contributed by atoms with van der Waals surface area (Å²) in [6.45, 7) is 8.24. The molecule has 2 nitrogen and oxygen atoms in total. The van der Waals surface area contributed by atoms with Gasteiger partial charge in [0.15, 0.2) is 0 Å². The van der Waals surface area contributed by atoms with Gasteiger partial charge in [0.05, 0.1) is 11.7 Å². The van der Waals surface area contributed by atoms with Crippen LogP contribution in [0.15, 0.2) is 0 Å². The fourth-order valence-corrected chi connectivity index (χ4v) is 4.49. The van der Waals surface area contributed by atoms with Gasteiger partial charge >= 0.3 is 0 Å². The Bertz CT molecular complexity index is 317. The second-order valence-corrected chi connectivity index (χ2v) is 8.09. The Morgan fingerprint density at radius 1 is 1.11 bits per heavy atom. The molecule has 3 fully saturated rings. The third kappa shape index (κ3) is 2.85. The predicted molar refractivity (Wildman–Crippen MR) is 79.3 cm³/mol. The smallest absolute Gasteiger partial charge is 0.0811 e. The third-order valence-electron chi connectivity index (χ3n) is 6.01. The molecule has 2 saturated carbocycles. The van der Waals surface area contributed by atoms with Gasteiger partial charge in [0.25, 0.3) is 0 Å². The number of hydrogen-bond donors (Lipinski definition) is 1. The highest BCUT2D eigenvalue weighted by Crippen LogP contribution is 2.44. The summed E-state index contributed by atoms with van der Waals surface area (Å²) >= 11 is 0. The van der Waals surface area contributed by atoms with Gasteiger partial charge in [-0.05, 0) is 56.3 Å². The van der Waals surface area contributed by atoms with Crippen molar-refractivity contribution in [2.75, 3.05) is 6.54 Å². The van der Waals surface area contributed by atoms with Crippen LogP contribution in [0.4, 0.5) is 0 Å². The number of rotatable bonds is 1. The number of hydrogen-bond acceptors (Lipinski definition) is 2. The number of fused-ring (bicyclic) bond motifs is 1. The van der Waals surface area contributed by atoms with E-state index in [0.29, 0.717) is 17.6 Å². The first-order valence-electron chi connectivity index (χ1n) is 8.43. The fraction of sp³-hybridized carbons (Fsp3) is 1.00. The highest BCUT2D eigenvalue weighted by Gasteiger charge is 2.46. The molecule has 0 aromatic heterocycles. The van der Waals surface area contributed by atoms with Crippen molar-refractivity contribution in [2.45, 2.75) is 89.9 Å². The Morgan fingerprint density at radius 3 is 2.53 bits per heavy atom. The predicted octanol–water partition coefficient (Wildman–Crippen LogP) is 3.89. The second kappa shape index (κ2) is 5.04. The van der Waals surface area contributed by atoms with Gasteiger partial charge in [0.2, 0.25) is 0 Å². The molecule has 19 heavy (non-hydrogen) atoms. The lowest BCUT2D eigenvalue weighted by Gasteiger charge is -2.52. The molecule has 2 heteroatoms. The maximum absolute atomic E-state index is 6.64. The van der Waals surface area contributed by atoms with Crippen molar-refractivity contribution >= 4 is 0 Å². The zero-order valence-corrected chi connectivity index (χ0v) is 13.0. The SMILES string of the molecule is CCC1CCC2(CC1)CNC1CC(C)(C)CCC1O2. The number of nitrogens with one attached hydrogen (secondary N) is 1. The van der Waals surface area contributed by atoms with Crippen molar-refractivity contribution in [1.82, 2.24) is 5.32 Å². The highest BCUT2D eigenvalue weighted by molar-refractivity contribution is 5.00. The fourth-order valence-electron chi connectivity index (χ4n) is 4.49. The van der Waals surface area contributed by atoms with Crippen LogP contribution in [0.25, 0.3) is 0 Å². The van der Waals surface area contributed by atoms with Gasteiger partial charge in [-0.15, -0.1) is 0 Å². The Hall–Kier alpha value is -0.0800. The van der Waals surface area contributed by atoms with E-state index in [1.54, 1.807) is 0 Å². The molecular formula is C17H31NO. The van der Waals surface area contributed by atoms with Crippen molar-refractivity contribution in [3.05, 3.63) is 0 Å². The molecule has 0 aromatic rings. The summed E-state index contributed by atoms with van der Waals surface area (Å²) in [6, 6.07) is 0.610. The van der Waals surface area contributed by atoms with E-state index in [-0.39, 0.29) is 5.60 Å². The lowest BCUT2D eigenvalue weighted by Crippen LogP contribution is -2.62. The van der Waals surface area contributed by atoms with Crippen molar-refractivity contribution in [3.8, 4) is 0 Å². The summed E-state index contributed by atoms with van der Waals surface area (Å²) in [5.41, 5.74) is 0.691. The Morgan fingerprint density at radius 2 is 1.84 bits per heavy atom. The topological polar surface area (TPSA) is 21.3 Å². The van der Waals surface area contributed by atoms with Crippen molar-refractivity contribution in [3.63, 3.8) is 0 Å². The van der Waals surface area contributed by atoms with Gasteiger partial charge < -0.3 is 10.1 Å². The normalized spacial score (nSPS) is 45.9. The van der Waals surface area contributed by atoms with Crippen LogP contribution in [0.2, 0.25) is 0 Å². The van der Waals surface area contributed by atoms with E-state index in [0.717, 1.165) is 12.5 Å². The van der Waals surface area contributed by atoms with Crippen LogP contribution < -0.4 is 5.32 Å². The van der Waals surface area contributed by atoms with E-state index < -0.39 is 0 Å². The molecule has 1 spiro atoms. The van der Waals surface area contributed by atoms with E-state index >= 15 is 0 Å². The Labute approximate surface area is 118 Å². The van der Waals surface area contributed by atoms with Crippen LogP contribution in [0, 0.1) is 11.3 Å². The minimum Gasteiger partial charge on any atom is -0.369 e. The molecule has 0 aromatic carbocycles. The van der Waals surface area contributed by atoms with Crippen LogP contribution in [-0.4, -0.2) is 24.3 Å². The minimum atomic E-state index is 0.189. The molecule has 1 N–H and O–H groups in total. The minimum absolute atomic E-state index is 0.189. The van der Waals surface area contributed by atoms with Crippen LogP contribution >= 0.6 is 0 Å². The molecule has 1 aliphatic heterocycles. The van der Waals surface area contributed by atoms with Crippen LogP contribution in [-0.2, 0) is 4.74 Å². The van der Waals surface area contributed by atoms with Gasteiger partial charge in [-0.25, -0.2) is 0 Å². The number of ether oxygens (including phenoxy) is 1. The van der Waals surface area contributed by atoms with Crippen molar-refractivity contribution in [2.24, 2.45) is 11.3 Å². The first kappa shape index (κ1) is 13.9. The first-order valence-corrected chi connectivity index (χ1v) is 8.43. The third-order valence-corrected chi connectivity index (χ3v) is 6.01. The van der Waals surface area contributed by atoms with E-state index in [2.05, 4.69) is 26.1 Å². The van der Waals surface area contributed by atoms with Crippen LogP contribution in [0.5, 0.6) is 0 Å². The average Bonchev–Trinajstić information content (AvgIpc) is 2.40. The highest BCUT2D eigenvalue weighted by atomic mass is 16.5. The quantitative estimate of drug-likeness (QED) is 0.776. The maximum Gasteiger partial charge on any atom is 0.0811 e. The summed E-state index contributed by atoms with van der Waals surface area (Å²) < 4.78 is 6.64. The van der Waals surface area contributed by atoms with Gasteiger partial charge in [0, 0.05) is 12.6 Å². The van der Waals surface area contributed by atoms with Crippen LogP contribution in [0.1, 0.15) is 72.1 Å². The summed E-state index contributed by atoms with van der Waals surface area (Å²) in [7, 11) is 0. The van der Waals surface area contributed by atoms with Crippen LogP contribution in [0.3, 0.4) is 0 Å². The summed E-state index contributed by atoms with van der Waals surface area (Å²) in [5, 5.41) is 3.85. The molecule has 2 aliphatic carbocycles. The molecular weight excluding hydrogens is 234 g/mol. The van der Waals surface area contributed by atoms with E-state index in [1.165, 1.54) is 51.4 Å². The zero-order chi connectivity index (χ0) is 13.5. The van der Waals surface area contributed by atoms with Gasteiger partial charge in [0.1, 0.15) is 0 Å². The molecule has 1 saturated heterocycles. The Balaban J connectivity index is 1.61. The van der Waals surface area contributed by atoms with Crippen molar-refractivity contribution < 1.29 is 4.74 Å². The number of morpholine rings is 1. The second-order valence-electron chi connectivity index (χ2n) is 8.09. The molecule has 0 bridgehead atoms. The molecule has 1 heterocycles. The standard InChI is InChI=1S/C17H31NO/c1-4-13-5-9-17(10-6-13)12-18-14-11-16(2,3)8-7-15(14)19-17/h13-15,18H,4-12H2,1-3H3. The first-order chi connectivity index (χ1) is 9.02. The monoisotopic (exact) mass is 265 g/mol. The molecule has 0 radical (unpaired) electrons. The van der Waals surface area contributed by atoms with Gasteiger partial charge in [-0.3, -0.25) is 0 Å². The molecule has 3 aliphatic rings. The molecule has 110 valence electrons. The molecule has 2 unspecified atom stereocenters. The lowest BCUT2D eigenvalue weighted by atomic mass is 9.71. The average molecular weight is 265 g/mol. The van der Waals surface area contributed by atoms with E-state index in [9.17, 15) is 0 Å². The largest absolute Gasteiger partial charge is 0.369 e. The molecule has 2 atom stereocenters. The van der Waals surface area contributed by atoms with E-state index in [4.69, 9.17) is 4.74 Å². The summed E-state index contributed by atoms with van der Waals surface area (Å²) in [5.74, 6) is 0.956. The Kier molecular flexibility index (Phi) is 3.68. The van der Waals surface area contributed by atoms with E-state index in [1.807, 2.05) is 0 Å². The summed E-state index contributed by atoms with van der Waals surface area (Å²) in [4.78, 5) is 0. The zero-order valence-electron chi connectivity index (χ0n) is 13.0. The van der Waals surface area contributed by atoms with Gasteiger partial charge in [-0.2, -0.15) is 0 Å². The summed E-state index contributed by atoms with van der Waals surface area (Å²) in [6.07, 6.45) is 11.0. The lowest BCUT2D eigenvalue weighted by molar-refractivity contribution is -0.172. The molecule has 0 amide bonds. The maximum atomic E-state index is 6.64. The van der Waals surface area contributed by atoms with Crippen molar-refractivity contribution in [1.29, 1.82) is 0 Å². The van der Waals surface area contributed by atoms with Gasteiger partial charge in [-0.1, -0.05) is 27.2 Å². The molecule has 3 rings (SSSR count).